The van der Waals surface area contributed by atoms with E-state index in [1.165, 1.54) is 22.5 Å². The maximum Gasteiger partial charge on any atom is 0.243 e. The Morgan fingerprint density at radius 2 is 1.81 bits per heavy atom. The second-order valence-electron chi connectivity index (χ2n) is 7.41. The van der Waals surface area contributed by atoms with Gasteiger partial charge in [-0.25, -0.2) is 12.8 Å². The highest BCUT2D eigenvalue weighted by Crippen LogP contribution is 2.30. The minimum atomic E-state index is -3.77. The summed E-state index contributed by atoms with van der Waals surface area (Å²) in [5, 5.41) is 0. The van der Waals surface area contributed by atoms with Gasteiger partial charge in [0.05, 0.1) is 16.9 Å². The molecule has 1 aromatic carbocycles. The summed E-state index contributed by atoms with van der Waals surface area (Å²) >= 11 is 0. The number of hydrogen-bond donors (Lipinski definition) is 0. The molecule has 3 fully saturated rings. The molecule has 3 saturated heterocycles. The zero-order valence-corrected chi connectivity index (χ0v) is 15.7. The van der Waals surface area contributed by atoms with Gasteiger partial charge in [-0.3, -0.25) is 9.59 Å². The summed E-state index contributed by atoms with van der Waals surface area (Å²) < 4.78 is 39.7. The van der Waals surface area contributed by atoms with E-state index in [4.69, 9.17) is 0 Å². The second-order valence-corrected chi connectivity index (χ2v) is 9.35. The first-order valence-corrected chi connectivity index (χ1v) is 10.6. The Balaban J connectivity index is 1.38. The number of benzene rings is 1. The average molecular weight is 395 g/mol. The summed E-state index contributed by atoms with van der Waals surface area (Å²) in [7, 11) is -3.77. The molecule has 9 heteroatoms. The predicted octanol–water partition coefficient (Wildman–Crippen LogP) is 0.669. The Hall–Kier alpha value is -2.00. The van der Waals surface area contributed by atoms with Crippen molar-refractivity contribution in [2.24, 2.45) is 5.92 Å². The minimum Gasteiger partial charge on any atom is -0.342 e. The maximum absolute atomic E-state index is 13.3. The highest BCUT2D eigenvalue weighted by Gasteiger charge is 2.46. The van der Waals surface area contributed by atoms with Gasteiger partial charge in [0, 0.05) is 39.1 Å². The van der Waals surface area contributed by atoms with Crippen molar-refractivity contribution in [3.8, 4) is 0 Å². The summed E-state index contributed by atoms with van der Waals surface area (Å²) in [5.41, 5.74) is 0. The molecule has 0 spiro atoms. The molecule has 0 aromatic heterocycles. The third-order valence-corrected chi connectivity index (χ3v) is 7.46. The molecular formula is C18H22FN3O4S. The molecule has 27 heavy (non-hydrogen) atoms. The highest BCUT2D eigenvalue weighted by atomic mass is 32.2. The lowest BCUT2D eigenvalue weighted by Gasteiger charge is -2.43. The van der Waals surface area contributed by atoms with E-state index in [0.717, 1.165) is 32.0 Å². The van der Waals surface area contributed by atoms with E-state index in [2.05, 4.69) is 0 Å². The molecular weight excluding hydrogens is 373 g/mol. The fourth-order valence-corrected chi connectivity index (χ4v) is 5.58. The van der Waals surface area contributed by atoms with Crippen LogP contribution in [0.4, 0.5) is 4.39 Å². The van der Waals surface area contributed by atoms with Crippen molar-refractivity contribution in [3.05, 3.63) is 30.1 Å². The maximum atomic E-state index is 13.3. The lowest BCUT2D eigenvalue weighted by Crippen LogP contribution is -2.61. The zero-order chi connectivity index (χ0) is 19.2. The van der Waals surface area contributed by atoms with Crippen molar-refractivity contribution in [2.75, 3.05) is 32.7 Å². The first-order chi connectivity index (χ1) is 12.9. The van der Waals surface area contributed by atoms with Gasteiger partial charge in [-0.15, -0.1) is 0 Å². The van der Waals surface area contributed by atoms with Crippen LogP contribution in [0.2, 0.25) is 0 Å². The SMILES string of the molecule is O=C(C1CC(=O)N(C2CN(S(=O)(=O)c3cccc(F)c3)C2)C1)N1CCCC1. The van der Waals surface area contributed by atoms with Crippen LogP contribution in [0.1, 0.15) is 19.3 Å². The van der Waals surface area contributed by atoms with Crippen molar-refractivity contribution in [1.29, 1.82) is 0 Å². The molecule has 0 bridgehead atoms. The molecule has 0 radical (unpaired) electrons. The Morgan fingerprint density at radius 3 is 2.48 bits per heavy atom. The van der Waals surface area contributed by atoms with Crippen LogP contribution in [-0.4, -0.2) is 73.1 Å². The Morgan fingerprint density at radius 1 is 1.11 bits per heavy atom. The molecule has 0 aliphatic carbocycles. The van der Waals surface area contributed by atoms with Crippen molar-refractivity contribution in [2.45, 2.75) is 30.2 Å². The number of likely N-dealkylation sites (tertiary alicyclic amines) is 2. The lowest BCUT2D eigenvalue weighted by atomic mass is 10.1. The normalized spacial score (nSPS) is 24.5. The van der Waals surface area contributed by atoms with E-state index in [1.807, 2.05) is 4.90 Å². The van der Waals surface area contributed by atoms with Crippen molar-refractivity contribution in [3.63, 3.8) is 0 Å². The van der Waals surface area contributed by atoms with Crippen LogP contribution in [-0.2, 0) is 19.6 Å². The van der Waals surface area contributed by atoms with Crippen LogP contribution < -0.4 is 0 Å². The van der Waals surface area contributed by atoms with Crippen LogP contribution in [0.5, 0.6) is 0 Å². The first kappa shape index (κ1) is 18.4. The summed E-state index contributed by atoms with van der Waals surface area (Å²) in [5.74, 6) is -0.997. The fraction of sp³-hybridized carbons (Fsp3) is 0.556. The van der Waals surface area contributed by atoms with Crippen molar-refractivity contribution >= 4 is 21.8 Å². The van der Waals surface area contributed by atoms with Crippen LogP contribution in [0, 0.1) is 11.7 Å². The predicted molar refractivity (Wildman–Crippen MR) is 94.6 cm³/mol. The third-order valence-electron chi connectivity index (χ3n) is 5.63. The smallest absolute Gasteiger partial charge is 0.243 e. The minimum absolute atomic E-state index is 0.0342. The molecule has 3 heterocycles. The average Bonchev–Trinajstić information content (AvgIpc) is 3.23. The van der Waals surface area contributed by atoms with E-state index in [9.17, 15) is 22.4 Å². The third kappa shape index (κ3) is 3.34. The molecule has 4 rings (SSSR count). The fourth-order valence-electron chi connectivity index (χ4n) is 4.03. The second kappa shape index (κ2) is 6.87. The van der Waals surface area contributed by atoms with Crippen LogP contribution >= 0.6 is 0 Å². The molecule has 0 saturated carbocycles. The molecule has 1 atom stereocenters. The van der Waals surface area contributed by atoms with E-state index in [0.29, 0.717) is 6.54 Å². The summed E-state index contributed by atoms with van der Waals surface area (Å²) in [4.78, 5) is 28.2. The van der Waals surface area contributed by atoms with Gasteiger partial charge in [0.1, 0.15) is 5.82 Å². The van der Waals surface area contributed by atoms with Gasteiger partial charge < -0.3 is 9.80 Å². The summed E-state index contributed by atoms with van der Waals surface area (Å²) in [6, 6.07) is 4.68. The molecule has 3 aliphatic heterocycles. The number of hydrogen-bond acceptors (Lipinski definition) is 4. The molecule has 146 valence electrons. The van der Waals surface area contributed by atoms with Gasteiger partial charge in [-0.05, 0) is 31.0 Å². The van der Waals surface area contributed by atoms with Gasteiger partial charge in [-0.2, -0.15) is 4.31 Å². The van der Waals surface area contributed by atoms with E-state index in [-0.39, 0.29) is 48.2 Å². The molecule has 1 unspecified atom stereocenters. The number of amides is 2. The summed E-state index contributed by atoms with van der Waals surface area (Å²) in [6.07, 6.45) is 2.21. The summed E-state index contributed by atoms with van der Waals surface area (Å²) in [6.45, 7) is 2.22. The molecule has 0 N–H and O–H groups in total. The quantitative estimate of drug-likeness (QED) is 0.751. The van der Waals surface area contributed by atoms with Gasteiger partial charge in [0.2, 0.25) is 21.8 Å². The molecule has 7 nitrogen and oxygen atoms in total. The number of rotatable bonds is 4. The largest absolute Gasteiger partial charge is 0.342 e. The lowest BCUT2D eigenvalue weighted by molar-refractivity contribution is -0.135. The van der Waals surface area contributed by atoms with Gasteiger partial charge in [0.25, 0.3) is 0 Å². The number of sulfonamides is 1. The first-order valence-electron chi connectivity index (χ1n) is 9.20. The van der Waals surface area contributed by atoms with Gasteiger partial charge in [-0.1, -0.05) is 6.07 Å². The standard InChI is InChI=1S/C18H22FN3O4S/c19-14-4-3-5-16(9-14)27(25,26)21-11-15(12-21)22-10-13(8-17(22)23)18(24)20-6-1-2-7-20/h3-5,9,13,15H,1-2,6-8,10-12H2. The van der Waals surface area contributed by atoms with Crippen LogP contribution in [0.3, 0.4) is 0 Å². The highest BCUT2D eigenvalue weighted by molar-refractivity contribution is 7.89. The zero-order valence-electron chi connectivity index (χ0n) is 14.9. The number of nitrogens with zero attached hydrogens (tertiary/aromatic N) is 3. The Labute approximate surface area is 157 Å². The van der Waals surface area contributed by atoms with E-state index in [1.54, 1.807) is 4.90 Å². The van der Waals surface area contributed by atoms with Crippen molar-refractivity contribution in [1.82, 2.24) is 14.1 Å². The topological polar surface area (TPSA) is 78.0 Å². The van der Waals surface area contributed by atoms with Crippen LogP contribution in [0.25, 0.3) is 0 Å². The Bertz CT molecular complexity index is 863. The van der Waals surface area contributed by atoms with E-state index >= 15 is 0 Å². The van der Waals surface area contributed by atoms with Gasteiger partial charge in [0.15, 0.2) is 0 Å². The molecule has 1 aromatic rings. The Kier molecular flexibility index (Phi) is 4.67. The number of carbonyl (C=O) groups excluding carboxylic acids is 2. The number of carbonyl (C=O) groups is 2. The van der Waals surface area contributed by atoms with Gasteiger partial charge >= 0.3 is 0 Å². The monoisotopic (exact) mass is 395 g/mol. The van der Waals surface area contributed by atoms with E-state index < -0.39 is 15.8 Å². The van der Waals surface area contributed by atoms with Crippen LogP contribution in [0.15, 0.2) is 29.2 Å². The number of halogens is 1. The molecule has 2 amide bonds. The molecule has 3 aliphatic rings. The van der Waals surface area contributed by atoms with Crippen molar-refractivity contribution < 1.29 is 22.4 Å².